The van der Waals surface area contributed by atoms with E-state index >= 15 is 0 Å². The maximum absolute atomic E-state index is 10.6. The van der Waals surface area contributed by atoms with Crippen LogP contribution in [0.3, 0.4) is 0 Å². The lowest BCUT2D eigenvalue weighted by Gasteiger charge is -2.11. The van der Waals surface area contributed by atoms with Gasteiger partial charge in [-0.25, -0.2) is 0 Å². The molecule has 94 valence electrons. The van der Waals surface area contributed by atoms with Crippen molar-refractivity contribution in [3.05, 3.63) is 27.7 Å². The molecule has 0 radical (unpaired) electrons. The van der Waals surface area contributed by atoms with E-state index in [2.05, 4.69) is 5.32 Å². The maximum atomic E-state index is 10.6. The second-order valence-corrected chi connectivity index (χ2v) is 4.35. The number of hydrogen-bond donors (Lipinski definition) is 2. The van der Waals surface area contributed by atoms with Gasteiger partial charge < -0.3 is 15.2 Å². The summed E-state index contributed by atoms with van der Waals surface area (Å²) < 4.78 is 5.02. The second-order valence-electron chi connectivity index (χ2n) is 3.53. The summed E-state index contributed by atoms with van der Waals surface area (Å²) in [4.78, 5) is 10.6. The van der Waals surface area contributed by atoms with E-state index in [9.17, 15) is 4.79 Å². The monoisotopic (exact) mass is 277 g/mol. The van der Waals surface area contributed by atoms with Gasteiger partial charge in [-0.1, -0.05) is 23.2 Å². The molecule has 0 spiro atoms. The van der Waals surface area contributed by atoms with E-state index in [0.29, 0.717) is 22.3 Å². The first kappa shape index (κ1) is 14.1. The molecule has 0 amide bonds. The first-order chi connectivity index (χ1) is 7.95. The SMILES string of the molecule is COc1c(Cl)cc(CN[C@@H](C)C(=O)O)cc1Cl. The largest absolute Gasteiger partial charge is 0.494 e. The van der Waals surface area contributed by atoms with Gasteiger partial charge >= 0.3 is 5.97 Å². The molecular weight excluding hydrogens is 265 g/mol. The third-order valence-electron chi connectivity index (χ3n) is 2.24. The molecule has 0 aromatic heterocycles. The summed E-state index contributed by atoms with van der Waals surface area (Å²) in [6.07, 6.45) is 0. The fourth-order valence-electron chi connectivity index (χ4n) is 1.27. The molecule has 0 aliphatic carbocycles. The quantitative estimate of drug-likeness (QED) is 0.869. The van der Waals surface area contributed by atoms with Gasteiger partial charge in [0.15, 0.2) is 5.75 Å². The van der Waals surface area contributed by atoms with E-state index in [1.807, 2.05) is 0 Å². The van der Waals surface area contributed by atoms with Crippen molar-refractivity contribution >= 4 is 29.2 Å². The molecule has 1 atom stereocenters. The Labute approximate surface area is 109 Å². The molecule has 0 aliphatic rings. The van der Waals surface area contributed by atoms with E-state index < -0.39 is 12.0 Å². The Morgan fingerprint density at radius 3 is 2.41 bits per heavy atom. The Balaban J connectivity index is 2.77. The van der Waals surface area contributed by atoms with Crippen LogP contribution < -0.4 is 10.1 Å². The van der Waals surface area contributed by atoms with E-state index in [4.69, 9.17) is 33.0 Å². The fourth-order valence-corrected chi connectivity index (χ4v) is 1.95. The average Bonchev–Trinajstić information content (AvgIpc) is 2.25. The number of rotatable bonds is 5. The Hall–Kier alpha value is -0.970. The van der Waals surface area contributed by atoms with Crippen molar-refractivity contribution in [2.45, 2.75) is 19.5 Å². The molecule has 17 heavy (non-hydrogen) atoms. The van der Waals surface area contributed by atoms with Crippen LogP contribution in [0.25, 0.3) is 0 Å². The van der Waals surface area contributed by atoms with Crippen LogP contribution in [0.2, 0.25) is 10.0 Å². The van der Waals surface area contributed by atoms with Crippen molar-refractivity contribution in [3.8, 4) is 5.75 Å². The Morgan fingerprint density at radius 2 is 2.00 bits per heavy atom. The van der Waals surface area contributed by atoms with Gasteiger partial charge in [0.1, 0.15) is 6.04 Å². The van der Waals surface area contributed by atoms with E-state index in [-0.39, 0.29) is 0 Å². The van der Waals surface area contributed by atoms with Crippen molar-refractivity contribution in [1.82, 2.24) is 5.32 Å². The van der Waals surface area contributed by atoms with Gasteiger partial charge in [0, 0.05) is 6.54 Å². The van der Waals surface area contributed by atoms with Gasteiger partial charge in [0.05, 0.1) is 17.2 Å². The van der Waals surface area contributed by atoms with Crippen LogP contribution in [0.15, 0.2) is 12.1 Å². The molecule has 0 saturated heterocycles. The van der Waals surface area contributed by atoms with Crippen LogP contribution in [0, 0.1) is 0 Å². The number of nitrogens with one attached hydrogen (secondary N) is 1. The lowest BCUT2D eigenvalue weighted by molar-refractivity contribution is -0.139. The van der Waals surface area contributed by atoms with Crippen molar-refractivity contribution in [3.63, 3.8) is 0 Å². The maximum Gasteiger partial charge on any atom is 0.320 e. The Kier molecular flexibility index (Phi) is 5.05. The lowest BCUT2D eigenvalue weighted by atomic mass is 10.2. The first-order valence-electron chi connectivity index (χ1n) is 4.93. The molecule has 0 saturated carbocycles. The van der Waals surface area contributed by atoms with E-state index in [0.717, 1.165) is 5.56 Å². The molecule has 0 fully saturated rings. The summed E-state index contributed by atoms with van der Waals surface area (Å²) >= 11 is 11.9. The standard InChI is InChI=1S/C11H13Cl2NO3/c1-6(11(15)16)14-5-7-3-8(12)10(17-2)9(13)4-7/h3-4,6,14H,5H2,1-2H3,(H,15,16)/t6-/m0/s1. The number of methoxy groups -OCH3 is 1. The van der Waals surface area contributed by atoms with Gasteiger partial charge in [0.2, 0.25) is 0 Å². The minimum Gasteiger partial charge on any atom is -0.494 e. The number of carboxylic acids is 1. The van der Waals surface area contributed by atoms with Crippen molar-refractivity contribution in [1.29, 1.82) is 0 Å². The highest BCUT2D eigenvalue weighted by atomic mass is 35.5. The summed E-state index contributed by atoms with van der Waals surface area (Å²) in [5.74, 6) is -0.487. The third-order valence-corrected chi connectivity index (χ3v) is 2.81. The molecule has 0 heterocycles. The molecular formula is C11H13Cl2NO3. The van der Waals surface area contributed by atoms with Gasteiger partial charge in [0.25, 0.3) is 0 Å². The molecule has 0 bridgehead atoms. The number of halogens is 2. The highest BCUT2D eigenvalue weighted by molar-refractivity contribution is 6.37. The number of carboxylic acid groups (broad SMARTS) is 1. The molecule has 0 unspecified atom stereocenters. The Bertz CT molecular complexity index is 400. The zero-order valence-electron chi connectivity index (χ0n) is 9.46. The summed E-state index contributed by atoms with van der Waals surface area (Å²) in [6.45, 7) is 1.94. The number of hydrogen-bond acceptors (Lipinski definition) is 3. The minimum absolute atomic E-state index is 0.372. The van der Waals surface area contributed by atoms with Gasteiger partial charge in [-0.05, 0) is 24.6 Å². The van der Waals surface area contributed by atoms with Crippen molar-refractivity contribution in [2.75, 3.05) is 7.11 Å². The smallest absolute Gasteiger partial charge is 0.320 e. The molecule has 1 aromatic carbocycles. The lowest BCUT2D eigenvalue weighted by Crippen LogP contribution is -2.33. The highest BCUT2D eigenvalue weighted by Gasteiger charge is 2.12. The molecule has 1 rings (SSSR count). The van der Waals surface area contributed by atoms with Crippen LogP contribution in [-0.2, 0) is 11.3 Å². The topological polar surface area (TPSA) is 58.6 Å². The number of ether oxygens (including phenoxy) is 1. The predicted molar refractivity (Wildman–Crippen MR) is 67.0 cm³/mol. The van der Waals surface area contributed by atoms with Gasteiger partial charge in [-0.2, -0.15) is 0 Å². The summed E-state index contributed by atoms with van der Waals surface area (Å²) in [7, 11) is 1.48. The zero-order chi connectivity index (χ0) is 13.0. The number of benzene rings is 1. The van der Waals surface area contributed by atoms with Crippen LogP contribution in [-0.4, -0.2) is 24.2 Å². The highest BCUT2D eigenvalue weighted by Crippen LogP contribution is 2.33. The van der Waals surface area contributed by atoms with Crippen molar-refractivity contribution in [2.24, 2.45) is 0 Å². The molecule has 4 nitrogen and oxygen atoms in total. The average molecular weight is 278 g/mol. The fraction of sp³-hybridized carbons (Fsp3) is 0.364. The number of carbonyl (C=O) groups is 1. The first-order valence-corrected chi connectivity index (χ1v) is 5.69. The third kappa shape index (κ3) is 3.77. The Morgan fingerprint density at radius 1 is 1.47 bits per heavy atom. The summed E-state index contributed by atoms with van der Waals surface area (Å²) in [5, 5.41) is 12.4. The van der Waals surface area contributed by atoms with Crippen LogP contribution in [0.5, 0.6) is 5.75 Å². The van der Waals surface area contributed by atoms with Crippen molar-refractivity contribution < 1.29 is 14.6 Å². The summed E-state index contributed by atoms with van der Waals surface area (Å²) in [5.41, 5.74) is 0.800. The van der Waals surface area contributed by atoms with E-state index in [1.54, 1.807) is 19.1 Å². The zero-order valence-corrected chi connectivity index (χ0v) is 11.0. The van der Waals surface area contributed by atoms with Gasteiger partial charge in [-0.15, -0.1) is 0 Å². The molecule has 0 aliphatic heterocycles. The normalized spacial score (nSPS) is 12.2. The summed E-state index contributed by atoms with van der Waals surface area (Å²) in [6, 6.07) is 2.75. The molecule has 2 N–H and O–H groups in total. The second kappa shape index (κ2) is 6.10. The molecule has 6 heteroatoms. The number of aliphatic carboxylic acids is 1. The van der Waals surface area contributed by atoms with Gasteiger partial charge in [-0.3, -0.25) is 4.79 Å². The van der Waals surface area contributed by atoms with Crippen LogP contribution in [0.1, 0.15) is 12.5 Å². The predicted octanol–water partition coefficient (Wildman–Crippen LogP) is 2.56. The minimum atomic E-state index is -0.907. The van der Waals surface area contributed by atoms with E-state index in [1.165, 1.54) is 7.11 Å². The van der Waals surface area contributed by atoms with Crippen LogP contribution in [0.4, 0.5) is 0 Å². The molecule has 1 aromatic rings. The van der Waals surface area contributed by atoms with Crippen LogP contribution >= 0.6 is 23.2 Å².